The molecule has 3 unspecified atom stereocenters. The molecular weight excluding hydrogens is 508 g/mol. The minimum absolute atomic E-state index is 0.000238. The van der Waals surface area contributed by atoms with Crippen LogP contribution in [0.4, 0.5) is 0 Å². The Kier molecular flexibility index (Phi) is 7.60. The lowest BCUT2D eigenvalue weighted by atomic mass is 9.71. The standard InChI is InChI=1S/C24H33BrN2O5S/c1-3-10-26(15-8-6-5-7-9-15)22(30)20-24-14-16(25)19(33-24)17(23(31)32-13-4-2)18(24)21(29)27(20)11-12-28/h3-4,15-20,28H,1-2,5-14H2/t16?,17-,18-,19-,20?,24?/m0/s1. The Hall–Kier alpha value is -1.32. The van der Waals surface area contributed by atoms with Crippen LogP contribution >= 0.6 is 27.7 Å². The van der Waals surface area contributed by atoms with Crippen LogP contribution in [0.15, 0.2) is 25.3 Å². The summed E-state index contributed by atoms with van der Waals surface area (Å²) < 4.78 is 4.67. The van der Waals surface area contributed by atoms with E-state index in [4.69, 9.17) is 4.74 Å². The number of thioether (sulfide) groups is 1. The largest absolute Gasteiger partial charge is 0.461 e. The Morgan fingerprint density at radius 3 is 2.64 bits per heavy atom. The van der Waals surface area contributed by atoms with Gasteiger partial charge in [0, 0.05) is 29.2 Å². The number of aliphatic hydroxyl groups is 1. The predicted octanol–water partition coefficient (Wildman–Crippen LogP) is 2.52. The van der Waals surface area contributed by atoms with Crippen molar-refractivity contribution in [3.63, 3.8) is 0 Å². The zero-order chi connectivity index (χ0) is 23.8. The number of carbonyl (C=O) groups is 3. The molecule has 4 fully saturated rings. The van der Waals surface area contributed by atoms with Gasteiger partial charge in [0.25, 0.3) is 0 Å². The van der Waals surface area contributed by atoms with Gasteiger partial charge in [-0.05, 0) is 19.3 Å². The second kappa shape index (κ2) is 10.1. The number of esters is 1. The summed E-state index contributed by atoms with van der Waals surface area (Å²) in [6.07, 6.45) is 9.12. The van der Waals surface area contributed by atoms with Gasteiger partial charge in [-0.15, -0.1) is 18.3 Å². The molecule has 7 nitrogen and oxygen atoms in total. The first-order valence-electron chi connectivity index (χ1n) is 11.8. The van der Waals surface area contributed by atoms with E-state index in [1.807, 2.05) is 4.90 Å². The highest BCUT2D eigenvalue weighted by Crippen LogP contribution is 2.68. The van der Waals surface area contributed by atoms with Crippen molar-refractivity contribution in [3.8, 4) is 0 Å². The van der Waals surface area contributed by atoms with Crippen molar-refractivity contribution < 1.29 is 24.2 Å². The average Bonchev–Trinajstić information content (AvgIpc) is 3.40. The van der Waals surface area contributed by atoms with Crippen LogP contribution in [0, 0.1) is 11.8 Å². The summed E-state index contributed by atoms with van der Waals surface area (Å²) in [6.45, 7) is 7.83. The molecule has 3 heterocycles. The Labute approximate surface area is 208 Å². The summed E-state index contributed by atoms with van der Waals surface area (Å²) >= 11 is 5.32. The molecule has 2 bridgehead atoms. The summed E-state index contributed by atoms with van der Waals surface area (Å²) in [5.74, 6) is -1.97. The molecule has 1 aliphatic carbocycles. The van der Waals surface area contributed by atoms with Crippen molar-refractivity contribution in [1.29, 1.82) is 0 Å². The van der Waals surface area contributed by atoms with Gasteiger partial charge in [0.15, 0.2) is 0 Å². The van der Waals surface area contributed by atoms with E-state index in [1.54, 1.807) is 17.8 Å². The lowest BCUT2D eigenvalue weighted by Gasteiger charge is -2.41. The molecular formula is C24H33BrN2O5S. The fourth-order valence-electron chi connectivity index (χ4n) is 6.37. The molecule has 0 aromatic rings. The molecule has 3 saturated heterocycles. The minimum atomic E-state index is -0.714. The first-order valence-corrected chi connectivity index (χ1v) is 13.6. The van der Waals surface area contributed by atoms with E-state index in [2.05, 4.69) is 29.1 Å². The maximum atomic E-state index is 14.2. The highest BCUT2D eigenvalue weighted by Gasteiger charge is 2.76. The number of hydrogen-bond donors (Lipinski definition) is 1. The van der Waals surface area contributed by atoms with Gasteiger partial charge in [0.2, 0.25) is 11.8 Å². The van der Waals surface area contributed by atoms with Gasteiger partial charge in [-0.3, -0.25) is 14.4 Å². The van der Waals surface area contributed by atoms with Crippen LogP contribution in [-0.2, 0) is 19.1 Å². The highest BCUT2D eigenvalue weighted by molar-refractivity contribution is 9.09. The number of ether oxygens (including phenoxy) is 1. The minimum Gasteiger partial charge on any atom is -0.461 e. The highest BCUT2D eigenvalue weighted by atomic mass is 79.9. The maximum absolute atomic E-state index is 14.2. The normalized spacial score (nSPS) is 35.4. The van der Waals surface area contributed by atoms with Gasteiger partial charge < -0.3 is 19.6 Å². The van der Waals surface area contributed by atoms with Crippen LogP contribution in [-0.4, -0.2) is 85.9 Å². The zero-order valence-corrected chi connectivity index (χ0v) is 21.3. The first-order chi connectivity index (χ1) is 15.9. The van der Waals surface area contributed by atoms with Gasteiger partial charge >= 0.3 is 5.97 Å². The lowest BCUT2D eigenvalue weighted by molar-refractivity contribution is -0.153. The van der Waals surface area contributed by atoms with Gasteiger partial charge in [-0.25, -0.2) is 0 Å². The average molecular weight is 542 g/mol. The number of carbonyl (C=O) groups excluding carboxylic acids is 3. The summed E-state index contributed by atoms with van der Waals surface area (Å²) in [4.78, 5) is 44.3. The summed E-state index contributed by atoms with van der Waals surface area (Å²) in [5.41, 5.74) is 0. The molecule has 1 saturated carbocycles. The van der Waals surface area contributed by atoms with E-state index in [1.165, 1.54) is 17.4 Å². The monoisotopic (exact) mass is 540 g/mol. The van der Waals surface area contributed by atoms with Crippen molar-refractivity contribution in [1.82, 2.24) is 9.80 Å². The summed E-state index contributed by atoms with van der Waals surface area (Å²) in [5, 5.41) is 9.62. The molecule has 4 aliphatic rings. The molecule has 3 aliphatic heterocycles. The fourth-order valence-corrected chi connectivity index (χ4v) is 9.97. The Morgan fingerprint density at radius 1 is 1.27 bits per heavy atom. The number of alkyl halides is 1. The second-order valence-electron chi connectivity index (χ2n) is 9.41. The number of rotatable bonds is 9. The third-order valence-corrected chi connectivity index (χ3v) is 10.8. The number of amides is 2. The van der Waals surface area contributed by atoms with Crippen LogP contribution in [0.2, 0.25) is 0 Å². The van der Waals surface area contributed by atoms with E-state index in [0.717, 1.165) is 25.7 Å². The van der Waals surface area contributed by atoms with E-state index < -0.39 is 28.6 Å². The molecule has 0 radical (unpaired) electrons. The van der Waals surface area contributed by atoms with Crippen molar-refractivity contribution in [2.75, 3.05) is 26.3 Å². The number of β-amino-alcohol motifs (C(OH)–C–C–N with tert-alkyl or cyclic N) is 1. The molecule has 4 rings (SSSR count). The molecule has 182 valence electrons. The van der Waals surface area contributed by atoms with Crippen LogP contribution in [0.5, 0.6) is 0 Å². The SMILES string of the molecule is C=CCOC(=O)[C@H]1[C@H]2C(=O)N(CCO)C(C(=O)N(CC=C)C3CCCCC3)C23CC(Br)[C@@H]1S3. The maximum Gasteiger partial charge on any atom is 0.311 e. The zero-order valence-electron chi connectivity index (χ0n) is 18.9. The molecule has 0 aromatic heterocycles. The van der Waals surface area contributed by atoms with Crippen LogP contribution < -0.4 is 0 Å². The molecule has 1 spiro atoms. The number of likely N-dealkylation sites (tertiary alicyclic amines) is 1. The van der Waals surface area contributed by atoms with Crippen molar-refractivity contribution in [2.45, 2.75) is 65.4 Å². The van der Waals surface area contributed by atoms with Crippen LogP contribution in [0.1, 0.15) is 38.5 Å². The van der Waals surface area contributed by atoms with Gasteiger partial charge in [-0.2, -0.15) is 0 Å². The molecule has 0 aromatic carbocycles. The van der Waals surface area contributed by atoms with Gasteiger partial charge in [-0.1, -0.05) is 53.9 Å². The molecule has 9 heteroatoms. The smallest absolute Gasteiger partial charge is 0.311 e. The Morgan fingerprint density at radius 2 is 2.00 bits per heavy atom. The quantitative estimate of drug-likeness (QED) is 0.274. The molecule has 6 atom stereocenters. The van der Waals surface area contributed by atoms with Crippen molar-refractivity contribution in [3.05, 3.63) is 25.3 Å². The van der Waals surface area contributed by atoms with Crippen LogP contribution in [0.25, 0.3) is 0 Å². The first kappa shape index (κ1) is 24.8. The van der Waals surface area contributed by atoms with Gasteiger partial charge in [0.05, 0.1) is 23.2 Å². The van der Waals surface area contributed by atoms with E-state index in [-0.39, 0.29) is 47.7 Å². The molecule has 1 N–H and O–H groups in total. The fraction of sp³-hybridized carbons (Fsp3) is 0.708. The number of fused-ring (bicyclic) bond motifs is 1. The van der Waals surface area contributed by atoms with E-state index in [0.29, 0.717) is 13.0 Å². The number of nitrogens with zero attached hydrogens (tertiary/aromatic N) is 2. The number of aliphatic hydroxyl groups excluding tert-OH is 1. The van der Waals surface area contributed by atoms with E-state index >= 15 is 0 Å². The summed E-state index contributed by atoms with van der Waals surface area (Å²) in [7, 11) is 0. The van der Waals surface area contributed by atoms with Gasteiger partial charge in [0.1, 0.15) is 12.6 Å². The van der Waals surface area contributed by atoms with Crippen molar-refractivity contribution >= 4 is 45.5 Å². The summed E-state index contributed by atoms with van der Waals surface area (Å²) in [6, 6.07) is -0.584. The third-order valence-electron chi connectivity index (χ3n) is 7.60. The number of hydrogen-bond acceptors (Lipinski definition) is 6. The Balaban J connectivity index is 1.71. The molecule has 33 heavy (non-hydrogen) atoms. The van der Waals surface area contributed by atoms with Crippen molar-refractivity contribution in [2.24, 2.45) is 11.8 Å². The Bertz CT molecular complexity index is 819. The third kappa shape index (κ3) is 4.08. The van der Waals surface area contributed by atoms with Crippen LogP contribution in [0.3, 0.4) is 0 Å². The topological polar surface area (TPSA) is 87.1 Å². The number of halogens is 1. The second-order valence-corrected chi connectivity index (χ2v) is 12.1. The lowest BCUT2D eigenvalue weighted by Crippen LogP contribution is -2.57. The molecule has 2 amide bonds. The van der Waals surface area contributed by atoms with E-state index in [9.17, 15) is 19.5 Å². The predicted molar refractivity (Wildman–Crippen MR) is 131 cm³/mol.